The summed E-state index contributed by atoms with van der Waals surface area (Å²) in [4.78, 5) is 15.4. The molecule has 0 saturated heterocycles. The SMILES string of the molecule is Nc1cnccc1NC(=O)CC1CCC1. The van der Waals surface area contributed by atoms with E-state index in [0.717, 1.165) is 0 Å². The van der Waals surface area contributed by atoms with Crippen LogP contribution in [0.4, 0.5) is 11.4 Å². The van der Waals surface area contributed by atoms with E-state index in [1.165, 1.54) is 19.3 Å². The van der Waals surface area contributed by atoms with Gasteiger partial charge in [-0.2, -0.15) is 0 Å². The van der Waals surface area contributed by atoms with E-state index in [1.807, 2.05) is 0 Å². The van der Waals surface area contributed by atoms with Crippen molar-refractivity contribution < 1.29 is 4.79 Å². The number of hydrogen-bond donors (Lipinski definition) is 2. The number of nitrogen functional groups attached to an aromatic ring is 1. The Bertz CT molecular complexity index is 361. The fourth-order valence-electron chi connectivity index (χ4n) is 1.68. The maximum atomic E-state index is 11.6. The molecule has 0 spiro atoms. The van der Waals surface area contributed by atoms with Crippen molar-refractivity contribution >= 4 is 17.3 Å². The summed E-state index contributed by atoms with van der Waals surface area (Å²) in [5.41, 5.74) is 6.84. The molecule has 1 aliphatic rings. The normalized spacial score (nSPS) is 15.7. The summed E-state index contributed by atoms with van der Waals surface area (Å²) < 4.78 is 0. The first-order chi connectivity index (χ1) is 7.25. The number of anilines is 2. The predicted molar refractivity (Wildman–Crippen MR) is 59.2 cm³/mol. The standard InChI is InChI=1S/C11H15N3O/c12-9-7-13-5-4-10(9)14-11(15)6-8-2-1-3-8/h4-5,7-8H,1-3,6,12H2,(H,13,14,15). The van der Waals surface area contributed by atoms with E-state index in [4.69, 9.17) is 5.73 Å². The van der Waals surface area contributed by atoms with Gasteiger partial charge in [0, 0.05) is 12.6 Å². The van der Waals surface area contributed by atoms with Gasteiger partial charge in [-0.25, -0.2) is 0 Å². The summed E-state index contributed by atoms with van der Waals surface area (Å²) in [7, 11) is 0. The smallest absolute Gasteiger partial charge is 0.224 e. The summed E-state index contributed by atoms with van der Waals surface area (Å²) in [5, 5.41) is 2.81. The number of pyridine rings is 1. The zero-order valence-electron chi connectivity index (χ0n) is 8.57. The average Bonchev–Trinajstić information content (AvgIpc) is 2.16. The fraction of sp³-hybridized carbons (Fsp3) is 0.455. The van der Waals surface area contributed by atoms with Crippen molar-refractivity contribution in [3.05, 3.63) is 18.5 Å². The Morgan fingerprint density at radius 1 is 1.60 bits per heavy atom. The van der Waals surface area contributed by atoms with Crippen molar-refractivity contribution in [2.75, 3.05) is 11.1 Å². The van der Waals surface area contributed by atoms with E-state index in [9.17, 15) is 4.79 Å². The van der Waals surface area contributed by atoms with Gasteiger partial charge >= 0.3 is 0 Å². The molecule has 1 aromatic heterocycles. The average molecular weight is 205 g/mol. The molecule has 1 aromatic rings. The third-order valence-corrected chi connectivity index (χ3v) is 2.82. The number of aromatic nitrogens is 1. The Labute approximate surface area is 88.9 Å². The zero-order chi connectivity index (χ0) is 10.7. The lowest BCUT2D eigenvalue weighted by Gasteiger charge is -2.24. The van der Waals surface area contributed by atoms with Crippen LogP contribution < -0.4 is 11.1 Å². The number of nitrogens with zero attached hydrogens (tertiary/aromatic N) is 1. The molecule has 15 heavy (non-hydrogen) atoms. The minimum Gasteiger partial charge on any atom is -0.396 e. The van der Waals surface area contributed by atoms with Gasteiger partial charge in [-0.3, -0.25) is 9.78 Å². The fourth-order valence-corrected chi connectivity index (χ4v) is 1.68. The number of carbonyl (C=O) groups excluding carboxylic acids is 1. The zero-order valence-corrected chi connectivity index (χ0v) is 8.57. The highest BCUT2D eigenvalue weighted by molar-refractivity contribution is 5.93. The molecule has 1 aliphatic carbocycles. The predicted octanol–water partition coefficient (Wildman–Crippen LogP) is 1.79. The second-order valence-electron chi connectivity index (χ2n) is 4.01. The number of nitrogens with two attached hydrogens (primary N) is 1. The van der Waals surface area contributed by atoms with Gasteiger partial charge in [-0.1, -0.05) is 6.42 Å². The van der Waals surface area contributed by atoms with E-state index in [1.54, 1.807) is 18.5 Å². The van der Waals surface area contributed by atoms with E-state index < -0.39 is 0 Å². The van der Waals surface area contributed by atoms with Crippen LogP contribution in [0.2, 0.25) is 0 Å². The topological polar surface area (TPSA) is 68.0 Å². The van der Waals surface area contributed by atoms with Gasteiger partial charge in [0.15, 0.2) is 0 Å². The second-order valence-corrected chi connectivity index (χ2v) is 4.01. The third-order valence-electron chi connectivity index (χ3n) is 2.82. The molecule has 1 fully saturated rings. The molecular formula is C11H15N3O. The molecule has 0 bridgehead atoms. The lowest BCUT2D eigenvalue weighted by Crippen LogP contribution is -2.21. The van der Waals surface area contributed by atoms with Gasteiger partial charge < -0.3 is 11.1 Å². The monoisotopic (exact) mass is 205 g/mol. The van der Waals surface area contributed by atoms with Crippen molar-refractivity contribution in [3.8, 4) is 0 Å². The van der Waals surface area contributed by atoms with Crippen LogP contribution in [0.1, 0.15) is 25.7 Å². The molecule has 0 unspecified atom stereocenters. The maximum Gasteiger partial charge on any atom is 0.224 e. The molecule has 1 heterocycles. The van der Waals surface area contributed by atoms with Crippen LogP contribution in [-0.2, 0) is 4.79 Å². The van der Waals surface area contributed by atoms with Gasteiger partial charge in [-0.05, 0) is 24.8 Å². The largest absolute Gasteiger partial charge is 0.396 e. The molecule has 3 N–H and O–H groups in total. The highest BCUT2D eigenvalue weighted by Crippen LogP contribution is 2.29. The number of nitrogens with one attached hydrogen (secondary N) is 1. The molecule has 1 amide bonds. The lowest BCUT2D eigenvalue weighted by atomic mass is 9.83. The van der Waals surface area contributed by atoms with Crippen LogP contribution in [0, 0.1) is 5.92 Å². The molecule has 0 aromatic carbocycles. The van der Waals surface area contributed by atoms with Crippen LogP contribution in [-0.4, -0.2) is 10.9 Å². The summed E-state index contributed by atoms with van der Waals surface area (Å²) in [6.45, 7) is 0. The van der Waals surface area contributed by atoms with Crippen molar-refractivity contribution in [3.63, 3.8) is 0 Å². The summed E-state index contributed by atoms with van der Waals surface area (Å²) in [6.07, 6.45) is 7.39. The first-order valence-electron chi connectivity index (χ1n) is 5.25. The molecular weight excluding hydrogens is 190 g/mol. The van der Waals surface area contributed by atoms with Crippen LogP contribution in [0.25, 0.3) is 0 Å². The number of hydrogen-bond acceptors (Lipinski definition) is 3. The van der Waals surface area contributed by atoms with Crippen molar-refractivity contribution in [1.82, 2.24) is 4.98 Å². The Morgan fingerprint density at radius 3 is 3.00 bits per heavy atom. The van der Waals surface area contributed by atoms with Gasteiger partial charge in [-0.15, -0.1) is 0 Å². The van der Waals surface area contributed by atoms with Gasteiger partial charge in [0.25, 0.3) is 0 Å². The summed E-state index contributed by atoms with van der Waals surface area (Å²) in [5.74, 6) is 0.630. The first kappa shape index (κ1) is 9.96. The van der Waals surface area contributed by atoms with Gasteiger partial charge in [0.1, 0.15) is 0 Å². The van der Waals surface area contributed by atoms with Crippen LogP contribution >= 0.6 is 0 Å². The number of amides is 1. The molecule has 80 valence electrons. The summed E-state index contributed by atoms with van der Waals surface area (Å²) >= 11 is 0. The Kier molecular flexibility index (Phi) is 2.85. The Morgan fingerprint density at radius 2 is 2.40 bits per heavy atom. The molecule has 0 atom stereocenters. The van der Waals surface area contributed by atoms with Crippen LogP contribution in [0.3, 0.4) is 0 Å². The number of carbonyl (C=O) groups is 1. The molecule has 4 nitrogen and oxygen atoms in total. The van der Waals surface area contributed by atoms with E-state index >= 15 is 0 Å². The minimum atomic E-state index is 0.0533. The van der Waals surface area contributed by atoms with Crippen molar-refractivity contribution in [2.24, 2.45) is 5.92 Å². The first-order valence-corrected chi connectivity index (χ1v) is 5.25. The molecule has 0 radical (unpaired) electrons. The Hall–Kier alpha value is -1.58. The van der Waals surface area contributed by atoms with E-state index in [0.29, 0.717) is 23.7 Å². The molecule has 4 heteroatoms. The highest BCUT2D eigenvalue weighted by Gasteiger charge is 2.20. The lowest BCUT2D eigenvalue weighted by molar-refractivity contribution is -0.117. The molecule has 2 rings (SSSR count). The molecule has 1 saturated carbocycles. The van der Waals surface area contributed by atoms with Crippen LogP contribution in [0.5, 0.6) is 0 Å². The quantitative estimate of drug-likeness (QED) is 0.790. The number of rotatable bonds is 3. The highest BCUT2D eigenvalue weighted by atomic mass is 16.1. The van der Waals surface area contributed by atoms with E-state index in [2.05, 4.69) is 10.3 Å². The second kappa shape index (κ2) is 4.29. The van der Waals surface area contributed by atoms with Crippen molar-refractivity contribution in [2.45, 2.75) is 25.7 Å². The van der Waals surface area contributed by atoms with Gasteiger partial charge in [0.2, 0.25) is 5.91 Å². The Balaban J connectivity index is 1.90. The van der Waals surface area contributed by atoms with Gasteiger partial charge in [0.05, 0.1) is 17.6 Å². The third kappa shape index (κ3) is 2.46. The van der Waals surface area contributed by atoms with Crippen LogP contribution in [0.15, 0.2) is 18.5 Å². The maximum absolute atomic E-state index is 11.6. The minimum absolute atomic E-state index is 0.0533. The molecule has 0 aliphatic heterocycles. The van der Waals surface area contributed by atoms with Crippen molar-refractivity contribution in [1.29, 1.82) is 0 Å². The summed E-state index contributed by atoms with van der Waals surface area (Å²) in [6, 6.07) is 1.72. The van der Waals surface area contributed by atoms with E-state index in [-0.39, 0.29) is 5.91 Å².